The lowest BCUT2D eigenvalue weighted by Crippen LogP contribution is -2.35. The number of hydrogen-bond acceptors (Lipinski definition) is 4. The molecule has 0 unspecified atom stereocenters. The van der Waals surface area contributed by atoms with Gasteiger partial charge in [0.15, 0.2) is 0 Å². The van der Waals surface area contributed by atoms with E-state index in [2.05, 4.69) is 4.90 Å². The molecule has 0 bridgehead atoms. The molecule has 4 heteroatoms. The van der Waals surface area contributed by atoms with Gasteiger partial charge in [-0.25, -0.2) is 0 Å². The lowest BCUT2D eigenvalue weighted by molar-refractivity contribution is 0.297. The molecular weight excluding hydrogens is 240 g/mol. The summed E-state index contributed by atoms with van der Waals surface area (Å²) < 4.78 is 5.55. The highest BCUT2D eigenvalue weighted by molar-refractivity contribution is 5.61. The summed E-state index contributed by atoms with van der Waals surface area (Å²) in [5.41, 5.74) is 7.72. The Balaban J connectivity index is 2.24. The number of nitrogens with zero attached hydrogens (tertiary/aromatic N) is 1. The number of nitrogen functional groups attached to an aromatic ring is 1. The molecule has 0 aliphatic heterocycles. The van der Waals surface area contributed by atoms with Crippen molar-refractivity contribution >= 4 is 11.4 Å². The summed E-state index contributed by atoms with van der Waals surface area (Å²) in [6.45, 7) is 3.41. The predicted octanol–water partition coefficient (Wildman–Crippen LogP) is 2.41. The minimum absolute atomic E-state index is 0.162. The first kappa shape index (κ1) is 14.0. The Morgan fingerprint density at radius 3 is 2.68 bits per heavy atom. The van der Waals surface area contributed by atoms with Gasteiger partial charge in [-0.1, -0.05) is 12.8 Å². The van der Waals surface area contributed by atoms with Crippen LogP contribution < -0.4 is 15.4 Å². The van der Waals surface area contributed by atoms with Crippen LogP contribution in [-0.4, -0.2) is 30.9 Å². The summed E-state index contributed by atoms with van der Waals surface area (Å²) >= 11 is 0. The minimum atomic E-state index is 0.162. The van der Waals surface area contributed by atoms with Gasteiger partial charge in [0.25, 0.3) is 0 Å². The third kappa shape index (κ3) is 3.53. The first-order valence-electron chi connectivity index (χ1n) is 7.15. The average molecular weight is 264 g/mol. The van der Waals surface area contributed by atoms with Crippen LogP contribution >= 0.6 is 0 Å². The van der Waals surface area contributed by atoms with Crippen molar-refractivity contribution in [3.8, 4) is 5.75 Å². The van der Waals surface area contributed by atoms with E-state index < -0.39 is 0 Å². The Bertz CT molecular complexity index is 403. The molecule has 19 heavy (non-hydrogen) atoms. The molecule has 0 atom stereocenters. The van der Waals surface area contributed by atoms with Gasteiger partial charge in [-0.2, -0.15) is 0 Å². The molecule has 106 valence electrons. The highest BCUT2D eigenvalue weighted by Crippen LogP contribution is 2.31. The summed E-state index contributed by atoms with van der Waals surface area (Å²) in [4.78, 5) is 2.27. The molecule has 0 saturated heterocycles. The van der Waals surface area contributed by atoms with Gasteiger partial charge in [0.2, 0.25) is 0 Å². The van der Waals surface area contributed by atoms with Crippen LogP contribution in [0.5, 0.6) is 5.75 Å². The van der Waals surface area contributed by atoms with Gasteiger partial charge >= 0.3 is 0 Å². The summed E-state index contributed by atoms with van der Waals surface area (Å²) in [5.74, 6) is 0.804. The fourth-order valence-corrected chi connectivity index (χ4v) is 2.87. The number of rotatable bonds is 6. The second-order valence-corrected chi connectivity index (χ2v) is 5.05. The van der Waals surface area contributed by atoms with Gasteiger partial charge in [0.1, 0.15) is 5.75 Å². The van der Waals surface area contributed by atoms with E-state index in [9.17, 15) is 5.11 Å². The van der Waals surface area contributed by atoms with E-state index in [1.165, 1.54) is 25.7 Å². The van der Waals surface area contributed by atoms with E-state index in [4.69, 9.17) is 10.5 Å². The lowest BCUT2D eigenvalue weighted by Gasteiger charge is -2.31. The zero-order valence-electron chi connectivity index (χ0n) is 11.6. The Kier molecular flexibility index (Phi) is 4.91. The zero-order chi connectivity index (χ0) is 13.7. The molecule has 1 saturated carbocycles. The van der Waals surface area contributed by atoms with Crippen molar-refractivity contribution in [1.29, 1.82) is 0 Å². The largest absolute Gasteiger partial charge is 0.494 e. The van der Waals surface area contributed by atoms with Crippen molar-refractivity contribution in [1.82, 2.24) is 0 Å². The summed E-state index contributed by atoms with van der Waals surface area (Å²) in [6.07, 6.45) is 4.93. The van der Waals surface area contributed by atoms with E-state index in [-0.39, 0.29) is 6.61 Å². The van der Waals surface area contributed by atoms with E-state index >= 15 is 0 Å². The summed E-state index contributed by atoms with van der Waals surface area (Å²) in [6, 6.07) is 6.35. The summed E-state index contributed by atoms with van der Waals surface area (Å²) in [7, 11) is 0. The molecule has 0 radical (unpaired) electrons. The van der Waals surface area contributed by atoms with E-state index in [1.807, 2.05) is 25.1 Å². The molecule has 3 N–H and O–H groups in total. The molecule has 0 heterocycles. The highest BCUT2D eigenvalue weighted by Gasteiger charge is 2.23. The average Bonchev–Trinajstić information content (AvgIpc) is 2.89. The number of anilines is 2. The zero-order valence-corrected chi connectivity index (χ0v) is 11.6. The number of nitrogens with two attached hydrogens (primary N) is 1. The smallest absolute Gasteiger partial charge is 0.123 e. The molecule has 4 nitrogen and oxygen atoms in total. The molecule has 0 aromatic heterocycles. The van der Waals surface area contributed by atoms with Crippen molar-refractivity contribution in [3.63, 3.8) is 0 Å². The maximum atomic E-state index is 9.30. The fourth-order valence-electron chi connectivity index (χ4n) is 2.87. The maximum Gasteiger partial charge on any atom is 0.123 e. The van der Waals surface area contributed by atoms with Gasteiger partial charge in [-0.05, 0) is 25.8 Å². The molecule has 0 amide bonds. The quantitative estimate of drug-likeness (QED) is 0.775. The molecule has 1 fully saturated rings. The molecule has 1 aromatic rings. The van der Waals surface area contributed by atoms with E-state index in [0.29, 0.717) is 24.9 Å². The van der Waals surface area contributed by atoms with Crippen molar-refractivity contribution in [2.24, 2.45) is 0 Å². The molecule has 2 rings (SSSR count). The molecular formula is C15H24N2O2. The number of benzene rings is 1. The van der Waals surface area contributed by atoms with Crippen LogP contribution in [0.15, 0.2) is 18.2 Å². The van der Waals surface area contributed by atoms with Crippen LogP contribution in [-0.2, 0) is 0 Å². The standard InChI is InChI=1S/C15H24N2O2/c1-2-19-15-10-12(16)9-14(11-15)17(7-8-18)13-5-3-4-6-13/h9-11,13,18H,2-8,16H2,1H3. The third-order valence-corrected chi connectivity index (χ3v) is 3.66. The Hall–Kier alpha value is -1.42. The van der Waals surface area contributed by atoms with E-state index in [0.717, 1.165) is 11.4 Å². The normalized spacial score (nSPS) is 15.7. The monoisotopic (exact) mass is 264 g/mol. The van der Waals surface area contributed by atoms with Crippen LogP contribution in [0.25, 0.3) is 0 Å². The van der Waals surface area contributed by atoms with Gasteiger partial charge in [-0.15, -0.1) is 0 Å². The van der Waals surface area contributed by atoms with Gasteiger partial charge < -0.3 is 20.5 Å². The van der Waals surface area contributed by atoms with Crippen molar-refractivity contribution in [3.05, 3.63) is 18.2 Å². The predicted molar refractivity (Wildman–Crippen MR) is 78.7 cm³/mol. The second kappa shape index (κ2) is 6.66. The number of aliphatic hydroxyl groups is 1. The molecule has 1 aliphatic rings. The van der Waals surface area contributed by atoms with Crippen LogP contribution in [0.2, 0.25) is 0 Å². The van der Waals surface area contributed by atoms with Crippen LogP contribution in [0.3, 0.4) is 0 Å². The SMILES string of the molecule is CCOc1cc(N)cc(N(CCO)C2CCCC2)c1. The fraction of sp³-hybridized carbons (Fsp3) is 0.600. The van der Waals surface area contributed by atoms with Gasteiger partial charge in [0.05, 0.1) is 13.2 Å². The number of aliphatic hydroxyl groups excluding tert-OH is 1. The molecule has 1 aromatic carbocycles. The minimum Gasteiger partial charge on any atom is -0.494 e. The van der Waals surface area contributed by atoms with E-state index in [1.54, 1.807) is 0 Å². The van der Waals surface area contributed by atoms with Crippen molar-refractivity contribution < 1.29 is 9.84 Å². The van der Waals surface area contributed by atoms with Crippen LogP contribution in [0.4, 0.5) is 11.4 Å². The number of hydrogen-bond donors (Lipinski definition) is 2. The van der Waals surface area contributed by atoms with Gasteiger partial charge in [0, 0.05) is 36.1 Å². The van der Waals surface area contributed by atoms with Crippen LogP contribution in [0.1, 0.15) is 32.6 Å². The topological polar surface area (TPSA) is 58.7 Å². The third-order valence-electron chi connectivity index (χ3n) is 3.66. The van der Waals surface area contributed by atoms with Crippen molar-refractivity contribution in [2.75, 3.05) is 30.4 Å². The van der Waals surface area contributed by atoms with Crippen molar-refractivity contribution in [2.45, 2.75) is 38.6 Å². The molecule has 1 aliphatic carbocycles. The lowest BCUT2D eigenvalue weighted by atomic mass is 10.1. The Morgan fingerprint density at radius 2 is 2.05 bits per heavy atom. The second-order valence-electron chi connectivity index (χ2n) is 5.05. The first-order valence-corrected chi connectivity index (χ1v) is 7.15. The van der Waals surface area contributed by atoms with Gasteiger partial charge in [-0.3, -0.25) is 0 Å². The Labute approximate surface area is 115 Å². The first-order chi connectivity index (χ1) is 9.24. The summed E-state index contributed by atoms with van der Waals surface area (Å²) in [5, 5.41) is 9.30. The van der Waals surface area contributed by atoms with Crippen LogP contribution in [0, 0.1) is 0 Å². The Morgan fingerprint density at radius 1 is 1.32 bits per heavy atom. The molecule has 0 spiro atoms. The highest BCUT2D eigenvalue weighted by atomic mass is 16.5. The number of ether oxygens (including phenoxy) is 1. The maximum absolute atomic E-state index is 9.30.